The lowest BCUT2D eigenvalue weighted by atomic mass is 10.1. The maximum Gasteiger partial charge on any atom is 0.226 e. The third kappa shape index (κ3) is 4.27. The number of carbonyl (C=O) groups is 1. The molecule has 0 fully saturated rings. The molecule has 1 N–H and O–H groups in total. The SMILES string of the molecule is CC(C)CC(=O)NC(=S)N(c1ccccc1)c1ccc2ccccc2c1. The van der Waals surface area contributed by atoms with Crippen LogP contribution >= 0.6 is 12.2 Å². The number of carbonyl (C=O) groups excluding carboxylic acids is 1. The molecule has 3 aromatic carbocycles. The summed E-state index contributed by atoms with van der Waals surface area (Å²) in [5, 5.41) is 5.55. The zero-order valence-electron chi connectivity index (χ0n) is 15.0. The molecule has 3 aromatic rings. The fraction of sp³-hybridized carbons (Fsp3) is 0.182. The summed E-state index contributed by atoms with van der Waals surface area (Å²) in [7, 11) is 0. The minimum absolute atomic E-state index is 0.0632. The molecule has 3 rings (SSSR count). The van der Waals surface area contributed by atoms with Gasteiger partial charge in [0, 0.05) is 17.8 Å². The van der Waals surface area contributed by atoms with Crippen molar-refractivity contribution in [2.45, 2.75) is 20.3 Å². The van der Waals surface area contributed by atoms with Gasteiger partial charge in [-0.2, -0.15) is 0 Å². The third-order valence-corrected chi connectivity index (χ3v) is 4.33. The summed E-state index contributed by atoms with van der Waals surface area (Å²) >= 11 is 5.59. The van der Waals surface area contributed by atoms with Crippen molar-refractivity contribution < 1.29 is 4.79 Å². The van der Waals surface area contributed by atoms with Gasteiger partial charge in [-0.15, -0.1) is 0 Å². The molecule has 1 amide bonds. The van der Waals surface area contributed by atoms with E-state index in [1.165, 1.54) is 5.39 Å². The highest BCUT2D eigenvalue weighted by Gasteiger charge is 2.17. The van der Waals surface area contributed by atoms with Crippen molar-refractivity contribution in [3.8, 4) is 0 Å². The third-order valence-electron chi connectivity index (χ3n) is 4.05. The van der Waals surface area contributed by atoms with E-state index in [1.54, 1.807) is 0 Å². The smallest absolute Gasteiger partial charge is 0.226 e. The lowest BCUT2D eigenvalue weighted by molar-refractivity contribution is -0.120. The van der Waals surface area contributed by atoms with Crippen LogP contribution in [0, 0.1) is 5.92 Å². The molecule has 26 heavy (non-hydrogen) atoms. The summed E-state index contributed by atoms with van der Waals surface area (Å²) in [4.78, 5) is 14.1. The van der Waals surface area contributed by atoms with Crippen LogP contribution in [-0.4, -0.2) is 11.0 Å². The fourth-order valence-electron chi connectivity index (χ4n) is 2.87. The quantitative estimate of drug-likeness (QED) is 0.629. The highest BCUT2D eigenvalue weighted by atomic mass is 32.1. The number of amides is 1. The van der Waals surface area contributed by atoms with Crippen molar-refractivity contribution in [3.05, 3.63) is 72.8 Å². The number of fused-ring (bicyclic) bond motifs is 1. The van der Waals surface area contributed by atoms with Gasteiger partial charge in [0.1, 0.15) is 0 Å². The molecule has 0 bridgehead atoms. The molecular formula is C22H22N2OS. The predicted octanol–water partition coefficient (Wildman–Crippen LogP) is 5.43. The molecule has 0 aliphatic heterocycles. The molecule has 0 heterocycles. The number of hydrogen-bond acceptors (Lipinski definition) is 2. The van der Waals surface area contributed by atoms with Crippen LogP contribution in [0.2, 0.25) is 0 Å². The molecular weight excluding hydrogens is 340 g/mol. The van der Waals surface area contributed by atoms with E-state index in [1.807, 2.05) is 67.3 Å². The molecule has 0 radical (unpaired) electrons. The van der Waals surface area contributed by atoms with Crippen molar-refractivity contribution in [2.24, 2.45) is 5.92 Å². The van der Waals surface area contributed by atoms with Gasteiger partial charge in [-0.3, -0.25) is 9.69 Å². The number of rotatable bonds is 4. The molecule has 0 aromatic heterocycles. The van der Waals surface area contributed by atoms with E-state index in [2.05, 4.69) is 29.6 Å². The highest BCUT2D eigenvalue weighted by Crippen LogP contribution is 2.28. The number of nitrogens with zero attached hydrogens (tertiary/aromatic N) is 1. The molecule has 3 nitrogen and oxygen atoms in total. The first-order chi connectivity index (χ1) is 12.5. The van der Waals surface area contributed by atoms with Gasteiger partial charge >= 0.3 is 0 Å². The first kappa shape index (κ1) is 18.1. The summed E-state index contributed by atoms with van der Waals surface area (Å²) < 4.78 is 0. The first-order valence-corrected chi connectivity index (χ1v) is 9.13. The Labute approximate surface area is 159 Å². The number of thiocarbonyl (C=S) groups is 1. The van der Waals surface area contributed by atoms with Gasteiger partial charge in [0.2, 0.25) is 5.91 Å². The molecule has 0 saturated heterocycles. The van der Waals surface area contributed by atoms with E-state index < -0.39 is 0 Å². The summed E-state index contributed by atoms with van der Waals surface area (Å²) in [6.45, 7) is 4.03. The minimum Gasteiger partial charge on any atom is -0.302 e. The molecule has 4 heteroatoms. The van der Waals surface area contributed by atoms with Crippen LogP contribution in [-0.2, 0) is 4.79 Å². The lowest BCUT2D eigenvalue weighted by Gasteiger charge is -2.26. The van der Waals surface area contributed by atoms with Crippen molar-refractivity contribution >= 4 is 45.4 Å². The molecule has 0 atom stereocenters. The normalized spacial score (nSPS) is 10.7. The van der Waals surface area contributed by atoms with Gasteiger partial charge in [-0.1, -0.05) is 62.4 Å². The predicted molar refractivity (Wildman–Crippen MR) is 113 cm³/mol. The second-order valence-electron chi connectivity index (χ2n) is 6.65. The van der Waals surface area contributed by atoms with Gasteiger partial charge < -0.3 is 5.32 Å². The molecule has 0 aliphatic carbocycles. The van der Waals surface area contributed by atoms with Gasteiger partial charge in [0.05, 0.1) is 0 Å². The van der Waals surface area contributed by atoms with Crippen molar-refractivity contribution in [3.63, 3.8) is 0 Å². The standard InChI is InChI=1S/C22H22N2OS/c1-16(2)14-21(25)23-22(26)24(19-10-4-3-5-11-19)20-13-12-17-8-6-7-9-18(17)15-20/h3-13,15-16H,14H2,1-2H3,(H,23,25,26). The Bertz CT molecular complexity index is 922. The number of nitrogens with one attached hydrogen (secondary N) is 1. The van der Waals surface area contributed by atoms with Gasteiger partial charge in [0.25, 0.3) is 0 Å². The van der Waals surface area contributed by atoms with Crippen LogP contribution in [0.15, 0.2) is 72.8 Å². The second-order valence-corrected chi connectivity index (χ2v) is 7.04. The number of benzene rings is 3. The zero-order chi connectivity index (χ0) is 18.5. The number of hydrogen-bond donors (Lipinski definition) is 1. The molecule has 0 saturated carbocycles. The van der Waals surface area contributed by atoms with Crippen LogP contribution in [0.1, 0.15) is 20.3 Å². The first-order valence-electron chi connectivity index (χ1n) is 8.72. The maximum atomic E-state index is 12.2. The summed E-state index contributed by atoms with van der Waals surface area (Å²) in [5.41, 5.74) is 1.84. The van der Waals surface area contributed by atoms with Crippen LogP contribution in [0.3, 0.4) is 0 Å². The van der Waals surface area contributed by atoms with Crippen molar-refractivity contribution in [1.29, 1.82) is 0 Å². The highest BCUT2D eigenvalue weighted by molar-refractivity contribution is 7.80. The summed E-state index contributed by atoms with van der Waals surface area (Å²) in [5.74, 6) is 0.218. The van der Waals surface area contributed by atoms with Crippen LogP contribution < -0.4 is 10.2 Å². The Morgan fingerprint density at radius 2 is 1.58 bits per heavy atom. The van der Waals surface area contributed by atoms with Gasteiger partial charge in [0.15, 0.2) is 5.11 Å². The van der Waals surface area contributed by atoms with E-state index in [0.717, 1.165) is 16.8 Å². The van der Waals surface area contributed by atoms with E-state index >= 15 is 0 Å². The van der Waals surface area contributed by atoms with E-state index in [-0.39, 0.29) is 11.8 Å². The van der Waals surface area contributed by atoms with Crippen molar-refractivity contribution in [1.82, 2.24) is 5.32 Å². The Kier molecular flexibility index (Phi) is 5.64. The summed E-state index contributed by atoms with van der Waals surface area (Å²) in [6, 6.07) is 24.2. The molecule has 0 unspecified atom stereocenters. The Hall–Kier alpha value is -2.72. The number of para-hydroxylation sites is 1. The molecule has 0 spiro atoms. The largest absolute Gasteiger partial charge is 0.302 e. The second kappa shape index (κ2) is 8.11. The summed E-state index contributed by atoms with van der Waals surface area (Å²) in [6.07, 6.45) is 0.445. The minimum atomic E-state index is -0.0632. The molecule has 0 aliphatic rings. The van der Waals surface area contributed by atoms with E-state index in [0.29, 0.717) is 11.5 Å². The number of anilines is 2. The van der Waals surface area contributed by atoms with Crippen LogP contribution in [0.4, 0.5) is 11.4 Å². The van der Waals surface area contributed by atoms with Gasteiger partial charge in [-0.25, -0.2) is 0 Å². The lowest BCUT2D eigenvalue weighted by Crippen LogP contribution is -2.40. The monoisotopic (exact) mass is 362 g/mol. The topological polar surface area (TPSA) is 32.3 Å². The van der Waals surface area contributed by atoms with Crippen LogP contribution in [0.5, 0.6) is 0 Å². The Morgan fingerprint density at radius 3 is 2.27 bits per heavy atom. The Morgan fingerprint density at radius 1 is 0.923 bits per heavy atom. The van der Waals surface area contributed by atoms with E-state index in [9.17, 15) is 4.79 Å². The van der Waals surface area contributed by atoms with Gasteiger partial charge in [-0.05, 0) is 53.2 Å². The Balaban J connectivity index is 1.97. The molecule has 132 valence electrons. The average molecular weight is 362 g/mol. The van der Waals surface area contributed by atoms with Crippen molar-refractivity contribution in [2.75, 3.05) is 4.90 Å². The maximum absolute atomic E-state index is 12.2. The van der Waals surface area contributed by atoms with Crippen LogP contribution in [0.25, 0.3) is 10.8 Å². The average Bonchev–Trinajstić information content (AvgIpc) is 2.62. The fourth-order valence-corrected chi connectivity index (χ4v) is 3.20. The van der Waals surface area contributed by atoms with E-state index in [4.69, 9.17) is 12.2 Å². The zero-order valence-corrected chi connectivity index (χ0v) is 15.8.